The Kier molecular flexibility index (Phi) is 4.67. The Hall–Kier alpha value is -1.62. The van der Waals surface area contributed by atoms with Crippen LogP contribution in [0, 0.1) is 5.41 Å². The average molecular weight is 251 g/mol. The number of carbonyl (C=O) groups is 1. The fourth-order valence-electron chi connectivity index (χ4n) is 1.67. The molecule has 0 fully saturated rings. The van der Waals surface area contributed by atoms with Crippen LogP contribution in [0.15, 0.2) is 18.3 Å². The second-order valence-corrected chi connectivity index (χ2v) is 5.12. The summed E-state index contributed by atoms with van der Waals surface area (Å²) in [5.41, 5.74) is 6.97. The molecule has 1 rings (SSSR count). The van der Waals surface area contributed by atoms with Crippen molar-refractivity contribution in [1.82, 2.24) is 4.98 Å². The van der Waals surface area contributed by atoms with Gasteiger partial charge in [0.2, 0.25) is 0 Å². The first-order chi connectivity index (χ1) is 8.39. The van der Waals surface area contributed by atoms with Crippen molar-refractivity contribution < 1.29 is 9.53 Å². The zero-order chi connectivity index (χ0) is 13.8. The van der Waals surface area contributed by atoms with Gasteiger partial charge >= 0.3 is 5.97 Å². The number of rotatable bonds is 5. The highest BCUT2D eigenvalue weighted by atomic mass is 16.5. The molecule has 0 amide bonds. The number of ether oxygens (including phenoxy) is 1. The van der Waals surface area contributed by atoms with Gasteiger partial charge in [-0.2, -0.15) is 0 Å². The third kappa shape index (κ3) is 3.70. The molecule has 18 heavy (non-hydrogen) atoms. The molecule has 0 aliphatic rings. The summed E-state index contributed by atoms with van der Waals surface area (Å²) in [7, 11) is 3.31. The number of methoxy groups -OCH3 is 1. The van der Waals surface area contributed by atoms with Crippen LogP contribution in [-0.2, 0) is 4.74 Å². The van der Waals surface area contributed by atoms with Crippen molar-refractivity contribution in [1.29, 1.82) is 0 Å². The normalized spacial score (nSPS) is 11.2. The minimum absolute atomic E-state index is 0.0173. The zero-order valence-corrected chi connectivity index (χ0v) is 11.4. The average Bonchev–Trinajstić information content (AvgIpc) is 2.37. The van der Waals surface area contributed by atoms with Gasteiger partial charge < -0.3 is 15.4 Å². The van der Waals surface area contributed by atoms with Crippen molar-refractivity contribution >= 4 is 11.7 Å². The highest BCUT2D eigenvalue weighted by molar-refractivity contribution is 5.88. The Morgan fingerprint density at radius 2 is 2.22 bits per heavy atom. The van der Waals surface area contributed by atoms with Gasteiger partial charge in [-0.3, -0.25) is 0 Å². The lowest BCUT2D eigenvalue weighted by Crippen LogP contribution is -2.36. The fourth-order valence-corrected chi connectivity index (χ4v) is 1.67. The Labute approximate surface area is 108 Å². The molecule has 1 aromatic heterocycles. The van der Waals surface area contributed by atoms with Crippen LogP contribution in [0.2, 0.25) is 0 Å². The summed E-state index contributed by atoms with van der Waals surface area (Å²) in [6, 6.07) is 3.58. The van der Waals surface area contributed by atoms with Gasteiger partial charge in [-0.05, 0) is 24.1 Å². The number of hydrogen-bond acceptors (Lipinski definition) is 5. The van der Waals surface area contributed by atoms with E-state index in [0.29, 0.717) is 12.2 Å². The van der Waals surface area contributed by atoms with Crippen LogP contribution in [-0.4, -0.2) is 38.2 Å². The summed E-state index contributed by atoms with van der Waals surface area (Å²) >= 11 is 0. The van der Waals surface area contributed by atoms with E-state index in [1.165, 1.54) is 7.11 Å². The predicted octanol–water partition coefficient (Wildman–Crippen LogP) is 1.29. The molecule has 2 N–H and O–H groups in total. The number of esters is 1. The lowest BCUT2D eigenvalue weighted by Gasteiger charge is -2.30. The lowest BCUT2D eigenvalue weighted by atomic mass is 9.93. The van der Waals surface area contributed by atoms with E-state index < -0.39 is 5.97 Å². The molecular weight excluding hydrogens is 230 g/mol. The van der Waals surface area contributed by atoms with Gasteiger partial charge in [0, 0.05) is 25.5 Å². The molecule has 0 atom stereocenters. The Morgan fingerprint density at radius 3 is 2.78 bits per heavy atom. The smallest absolute Gasteiger partial charge is 0.356 e. The second kappa shape index (κ2) is 5.82. The molecule has 0 aliphatic heterocycles. The third-order valence-corrected chi connectivity index (χ3v) is 2.80. The molecule has 5 heteroatoms. The van der Waals surface area contributed by atoms with Crippen LogP contribution in [0.25, 0.3) is 0 Å². The minimum Gasteiger partial charge on any atom is -0.464 e. The first-order valence-electron chi connectivity index (χ1n) is 5.85. The molecule has 0 unspecified atom stereocenters. The van der Waals surface area contributed by atoms with Crippen molar-refractivity contribution in [2.45, 2.75) is 13.8 Å². The molecule has 1 heterocycles. The van der Waals surface area contributed by atoms with E-state index in [0.717, 1.165) is 12.2 Å². The van der Waals surface area contributed by atoms with Crippen molar-refractivity contribution in [3.8, 4) is 0 Å². The highest BCUT2D eigenvalue weighted by Crippen LogP contribution is 2.20. The van der Waals surface area contributed by atoms with Gasteiger partial charge in [0.05, 0.1) is 7.11 Å². The van der Waals surface area contributed by atoms with Gasteiger partial charge in [0.1, 0.15) is 5.69 Å². The SMILES string of the molecule is COC(=O)c1cc(N(C)CC(C)(C)CN)ccn1. The lowest BCUT2D eigenvalue weighted by molar-refractivity contribution is 0.0594. The third-order valence-electron chi connectivity index (χ3n) is 2.80. The first-order valence-corrected chi connectivity index (χ1v) is 5.85. The molecule has 0 radical (unpaired) electrons. The van der Waals surface area contributed by atoms with Gasteiger partial charge in [-0.1, -0.05) is 13.8 Å². The Bertz CT molecular complexity index is 418. The van der Waals surface area contributed by atoms with E-state index in [1.54, 1.807) is 12.3 Å². The van der Waals surface area contributed by atoms with E-state index in [9.17, 15) is 4.79 Å². The Balaban J connectivity index is 2.86. The van der Waals surface area contributed by atoms with Gasteiger partial charge in [-0.15, -0.1) is 0 Å². The maximum atomic E-state index is 11.4. The topological polar surface area (TPSA) is 68.5 Å². The van der Waals surface area contributed by atoms with E-state index in [1.807, 2.05) is 13.1 Å². The molecule has 100 valence electrons. The van der Waals surface area contributed by atoms with Crippen LogP contribution in [0.1, 0.15) is 24.3 Å². The Morgan fingerprint density at radius 1 is 1.56 bits per heavy atom. The molecule has 0 bridgehead atoms. The van der Waals surface area contributed by atoms with Gasteiger partial charge in [-0.25, -0.2) is 9.78 Å². The van der Waals surface area contributed by atoms with E-state index >= 15 is 0 Å². The largest absolute Gasteiger partial charge is 0.464 e. The number of carbonyl (C=O) groups excluding carboxylic acids is 1. The van der Waals surface area contributed by atoms with E-state index in [2.05, 4.69) is 28.5 Å². The summed E-state index contributed by atoms with van der Waals surface area (Å²) in [6.07, 6.45) is 1.60. The van der Waals surface area contributed by atoms with E-state index in [4.69, 9.17) is 5.73 Å². The fraction of sp³-hybridized carbons (Fsp3) is 0.538. The number of aromatic nitrogens is 1. The highest BCUT2D eigenvalue weighted by Gasteiger charge is 2.19. The molecular formula is C13H21N3O2. The number of nitrogens with zero attached hydrogens (tertiary/aromatic N) is 2. The molecule has 0 spiro atoms. The molecule has 1 aromatic rings. The number of pyridine rings is 1. The minimum atomic E-state index is -0.427. The summed E-state index contributed by atoms with van der Waals surface area (Å²) < 4.78 is 4.65. The number of hydrogen-bond donors (Lipinski definition) is 1. The summed E-state index contributed by atoms with van der Waals surface area (Å²) in [6.45, 7) is 5.61. The van der Waals surface area contributed by atoms with Crippen LogP contribution in [0.4, 0.5) is 5.69 Å². The molecule has 0 aliphatic carbocycles. The van der Waals surface area contributed by atoms with Crippen LogP contribution in [0.5, 0.6) is 0 Å². The van der Waals surface area contributed by atoms with Crippen molar-refractivity contribution in [3.05, 3.63) is 24.0 Å². The van der Waals surface area contributed by atoms with Crippen molar-refractivity contribution in [2.24, 2.45) is 11.1 Å². The first kappa shape index (κ1) is 14.4. The second-order valence-electron chi connectivity index (χ2n) is 5.12. The zero-order valence-electron chi connectivity index (χ0n) is 11.4. The standard InChI is InChI=1S/C13H21N3O2/c1-13(2,8-14)9-16(3)10-5-6-15-11(7-10)12(17)18-4/h5-7H,8-9,14H2,1-4H3. The summed E-state index contributed by atoms with van der Waals surface area (Å²) in [5.74, 6) is -0.427. The maximum Gasteiger partial charge on any atom is 0.356 e. The summed E-state index contributed by atoms with van der Waals surface area (Å²) in [4.78, 5) is 17.4. The quantitative estimate of drug-likeness (QED) is 0.799. The molecule has 5 nitrogen and oxygen atoms in total. The van der Waals surface area contributed by atoms with Gasteiger partial charge in [0.15, 0.2) is 0 Å². The number of anilines is 1. The molecule has 0 aromatic carbocycles. The van der Waals surface area contributed by atoms with E-state index in [-0.39, 0.29) is 5.41 Å². The van der Waals surface area contributed by atoms with Crippen LogP contribution >= 0.6 is 0 Å². The van der Waals surface area contributed by atoms with Crippen molar-refractivity contribution in [3.63, 3.8) is 0 Å². The number of nitrogens with two attached hydrogens (primary N) is 1. The van der Waals surface area contributed by atoms with Crippen molar-refractivity contribution in [2.75, 3.05) is 32.1 Å². The van der Waals surface area contributed by atoms with Crippen LogP contribution < -0.4 is 10.6 Å². The molecule has 0 saturated carbocycles. The molecule has 0 saturated heterocycles. The monoisotopic (exact) mass is 251 g/mol. The van der Waals surface area contributed by atoms with Crippen LogP contribution in [0.3, 0.4) is 0 Å². The van der Waals surface area contributed by atoms with Gasteiger partial charge in [0.25, 0.3) is 0 Å². The predicted molar refractivity (Wildman–Crippen MR) is 71.7 cm³/mol. The summed E-state index contributed by atoms with van der Waals surface area (Å²) in [5, 5.41) is 0. The maximum absolute atomic E-state index is 11.4.